The molecule has 33 heavy (non-hydrogen) atoms. The third-order valence-corrected chi connectivity index (χ3v) is 6.61. The molecule has 2 saturated heterocycles. The number of aldehydes is 1. The maximum atomic E-state index is 13.0. The van der Waals surface area contributed by atoms with E-state index in [0.29, 0.717) is 38.3 Å². The molecule has 4 rings (SSSR count). The van der Waals surface area contributed by atoms with Gasteiger partial charge >= 0.3 is 6.18 Å². The van der Waals surface area contributed by atoms with Crippen molar-refractivity contribution in [2.75, 3.05) is 44.2 Å². The second-order valence-corrected chi connectivity index (χ2v) is 8.77. The smallest absolute Gasteiger partial charge is 0.371 e. The SMILES string of the molecule is O=Cc1ccc(N2CCC(C(=O)N3CCN(Cc4ccc(C(F)(F)F)cc4)CC3)CC2)cc1. The van der Waals surface area contributed by atoms with Crippen LogP contribution in [0.5, 0.6) is 0 Å². The summed E-state index contributed by atoms with van der Waals surface area (Å²) in [6.45, 7) is 4.93. The number of alkyl halides is 3. The van der Waals surface area contributed by atoms with Gasteiger partial charge in [0, 0.05) is 63.0 Å². The molecule has 176 valence electrons. The van der Waals surface area contributed by atoms with Crippen molar-refractivity contribution in [1.29, 1.82) is 0 Å². The Kier molecular flexibility index (Phi) is 7.02. The topological polar surface area (TPSA) is 43.9 Å². The Labute approximate surface area is 191 Å². The lowest BCUT2D eigenvalue weighted by atomic mass is 9.94. The molecule has 0 N–H and O–H groups in total. The van der Waals surface area contributed by atoms with Gasteiger partial charge in [0.15, 0.2) is 0 Å². The largest absolute Gasteiger partial charge is 0.416 e. The summed E-state index contributed by atoms with van der Waals surface area (Å²) in [6.07, 6.45) is -1.88. The van der Waals surface area contributed by atoms with Crippen molar-refractivity contribution >= 4 is 17.9 Å². The first-order valence-electron chi connectivity index (χ1n) is 11.3. The molecule has 2 aromatic carbocycles. The van der Waals surface area contributed by atoms with Gasteiger partial charge in [-0.15, -0.1) is 0 Å². The molecule has 2 aliphatic heterocycles. The zero-order valence-electron chi connectivity index (χ0n) is 18.4. The molecule has 0 bridgehead atoms. The number of hydrogen-bond donors (Lipinski definition) is 0. The number of piperidine rings is 1. The number of halogens is 3. The summed E-state index contributed by atoms with van der Waals surface area (Å²) in [7, 11) is 0. The average molecular weight is 460 g/mol. The first-order chi connectivity index (χ1) is 15.8. The number of piperazine rings is 1. The van der Waals surface area contributed by atoms with Crippen molar-refractivity contribution < 1.29 is 22.8 Å². The highest BCUT2D eigenvalue weighted by molar-refractivity contribution is 5.79. The van der Waals surface area contributed by atoms with E-state index < -0.39 is 11.7 Å². The Morgan fingerprint density at radius 3 is 2.03 bits per heavy atom. The van der Waals surface area contributed by atoms with Crippen LogP contribution in [0.3, 0.4) is 0 Å². The normalized spacial score (nSPS) is 18.4. The van der Waals surface area contributed by atoms with Crippen LogP contribution in [0.1, 0.15) is 34.3 Å². The lowest BCUT2D eigenvalue weighted by Crippen LogP contribution is -2.51. The fourth-order valence-electron chi connectivity index (χ4n) is 4.59. The van der Waals surface area contributed by atoms with Gasteiger partial charge in [-0.3, -0.25) is 14.5 Å². The molecule has 0 radical (unpaired) electrons. The lowest BCUT2D eigenvalue weighted by Gasteiger charge is -2.39. The number of carbonyl (C=O) groups is 2. The van der Waals surface area contributed by atoms with E-state index in [0.717, 1.165) is 55.6 Å². The van der Waals surface area contributed by atoms with Crippen LogP contribution in [0.15, 0.2) is 48.5 Å². The lowest BCUT2D eigenvalue weighted by molar-refractivity contribution is -0.138. The van der Waals surface area contributed by atoms with E-state index in [2.05, 4.69) is 9.80 Å². The first-order valence-corrected chi connectivity index (χ1v) is 11.3. The molecule has 5 nitrogen and oxygen atoms in total. The molecule has 1 amide bonds. The van der Waals surface area contributed by atoms with Crippen LogP contribution in [0, 0.1) is 5.92 Å². The van der Waals surface area contributed by atoms with E-state index in [1.54, 1.807) is 0 Å². The molecule has 2 fully saturated rings. The number of amides is 1. The monoisotopic (exact) mass is 459 g/mol. The minimum atomic E-state index is -4.32. The Bertz CT molecular complexity index is 944. The van der Waals surface area contributed by atoms with Crippen molar-refractivity contribution in [3.8, 4) is 0 Å². The third kappa shape index (κ3) is 5.74. The van der Waals surface area contributed by atoms with Gasteiger partial charge in [-0.1, -0.05) is 12.1 Å². The summed E-state index contributed by atoms with van der Waals surface area (Å²) in [5.41, 5.74) is 1.94. The molecular weight excluding hydrogens is 431 g/mol. The van der Waals surface area contributed by atoms with Crippen molar-refractivity contribution in [1.82, 2.24) is 9.80 Å². The Morgan fingerprint density at radius 2 is 1.48 bits per heavy atom. The summed E-state index contributed by atoms with van der Waals surface area (Å²) >= 11 is 0. The van der Waals surface area contributed by atoms with Gasteiger partial charge < -0.3 is 9.80 Å². The van der Waals surface area contributed by atoms with Crippen LogP contribution in [0.2, 0.25) is 0 Å². The number of carbonyl (C=O) groups excluding carboxylic acids is 2. The second-order valence-electron chi connectivity index (χ2n) is 8.77. The highest BCUT2D eigenvalue weighted by atomic mass is 19.4. The number of anilines is 1. The molecular formula is C25H28F3N3O2. The van der Waals surface area contributed by atoms with E-state index in [1.165, 1.54) is 12.1 Å². The second kappa shape index (κ2) is 9.95. The quantitative estimate of drug-likeness (QED) is 0.632. The van der Waals surface area contributed by atoms with Gasteiger partial charge in [-0.2, -0.15) is 13.2 Å². The van der Waals surface area contributed by atoms with Crippen LogP contribution in [-0.2, 0) is 17.5 Å². The van der Waals surface area contributed by atoms with Gasteiger partial charge in [-0.25, -0.2) is 0 Å². The van der Waals surface area contributed by atoms with Crippen molar-refractivity contribution in [3.63, 3.8) is 0 Å². The van der Waals surface area contributed by atoms with E-state index in [-0.39, 0.29) is 11.8 Å². The standard InChI is InChI=1S/C25H28F3N3O2/c26-25(27,28)22-5-1-19(2-6-22)17-29-13-15-31(16-14-29)24(33)21-9-11-30(12-10-21)23-7-3-20(18-32)4-8-23/h1-8,18,21H,9-17H2. The van der Waals surface area contributed by atoms with E-state index >= 15 is 0 Å². The van der Waals surface area contributed by atoms with Crippen molar-refractivity contribution in [2.24, 2.45) is 5.92 Å². The third-order valence-electron chi connectivity index (χ3n) is 6.61. The zero-order chi connectivity index (χ0) is 23.4. The fraction of sp³-hybridized carbons (Fsp3) is 0.440. The molecule has 0 aliphatic carbocycles. The van der Waals surface area contributed by atoms with Gasteiger partial charge in [0.05, 0.1) is 5.56 Å². The van der Waals surface area contributed by atoms with E-state index in [9.17, 15) is 22.8 Å². The number of rotatable bonds is 5. The Hall–Kier alpha value is -2.87. The highest BCUT2D eigenvalue weighted by Gasteiger charge is 2.31. The van der Waals surface area contributed by atoms with Gasteiger partial charge in [0.25, 0.3) is 0 Å². The molecule has 2 aliphatic rings. The van der Waals surface area contributed by atoms with Crippen LogP contribution in [0.4, 0.5) is 18.9 Å². The predicted molar refractivity (Wildman–Crippen MR) is 120 cm³/mol. The van der Waals surface area contributed by atoms with Crippen molar-refractivity contribution in [2.45, 2.75) is 25.6 Å². The minimum absolute atomic E-state index is 0.0250. The summed E-state index contributed by atoms with van der Waals surface area (Å²) < 4.78 is 38.2. The molecule has 2 aromatic rings. The summed E-state index contributed by atoms with van der Waals surface area (Å²) in [5, 5.41) is 0. The predicted octanol–water partition coefficient (Wildman–Crippen LogP) is 4.08. The van der Waals surface area contributed by atoms with Gasteiger partial charge in [0.1, 0.15) is 6.29 Å². The molecule has 2 heterocycles. The highest BCUT2D eigenvalue weighted by Crippen LogP contribution is 2.29. The van der Waals surface area contributed by atoms with Crippen LogP contribution < -0.4 is 4.90 Å². The Balaban J connectivity index is 1.23. The maximum Gasteiger partial charge on any atom is 0.416 e. The van der Waals surface area contributed by atoms with Crippen LogP contribution in [0.25, 0.3) is 0 Å². The zero-order valence-corrected chi connectivity index (χ0v) is 18.4. The van der Waals surface area contributed by atoms with Crippen molar-refractivity contribution in [3.05, 3.63) is 65.2 Å². The van der Waals surface area contributed by atoms with Crippen LogP contribution >= 0.6 is 0 Å². The number of benzene rings is 2. The Morgan fingerprint density at radius 1 is 0.879 bits per heavy atom. The molecule has 0 aromatic heterocycles. The molecule has 0 atom stereocenters. The number of nitrogens with zero attached hydrogens (tertiary/aromatic N) is 3. The molecule has 0 saturated carbocycles. The molecule has 0 spiro atoms. The number of hydrogen-bond acceptors (Lipinski definition) is 4. The summed E-state index contributed by atoms with van der Waals surface area (Å²) in [6, 6.07) is 12.8. The first kappa shape index (κ1) is 23.3. The average Bonchev–Trinajstić information content (AvgIpc) is 2.84. The van der Waals surface area contributed by atoms with Crippen LogP contribution in [-0.4, -0.2) is 61.3 Å². The minimum Gasteiger partial charge on any atom is -0.371 e. The molecule has 0 unspecified atom stereocenters. The van der Waals surface area contributed by atoms with E-state index in [4.69, 9.17) is 0 Å². The molecule has 8 heteroatoms. The van der Waals surface area contributed by atoms with E-state index in [1.807, 2.05) is 29.2 Å². The van der Waals surface area contributed by atoms with Gasteiger partial charge in [0.2, 0.25) is 5.91 Å². The fourth-order valence-corrected chi connectivity index (χ4v) is 4.59. The maximum absolute atomic E-state index is 13.0. The van der Waals surface area contributed by atoms with Gasteiger partial charge in [-0.05, 0) is 54.8 Å². The summed E-state index contributed by atoms with van der Waals surface area (Å²) in [4.78, 5) is 30.2. The summed E-state index contributed by atoms with van der Waals surface area (Å²) in [5.74, 6) is 0.233.